The normalized spacial score (nSPS) is 10.6. The zero-order valence-electron chi connectivity index (χ0n) is 13.8. The maximum atomic E-state index is 11.1. The van der Waals surface area contributed by atoms with Gasteiger partial charge in [-0.15, -0.1) is 0 Å². The Morgan fingerprint density at radius 1 is 1.16 bits per heavy atom. The highest BCUT2D eigenvalue weighted by molar-refractivity contribution is 5.89. The summed E-state index contributed by atoms with van der Waals surface area (Å²) in [7, 11) is 0. The van der Waals surface area contributed by atoms with E-state index in [-0.39, 0.29) is 5.56 Å². The van der Waals surface area contributed by atoms with Gasteiger partial charge in [0.15, 0.2) is 0 Å². The van der Waals surface area contributed by atoms with Crippen LogP contribution in [0.5, 0.6) is 5.75 Å². The highest BCUT2D eigenvalue weighted by Crippen LogP contribution is 2.24. The minimum atomic E-state index is -0.996. The molecule has 128 valence electrons. The predicted molar refractivity (Wildman–Crippen MR) is 92.5 cm³/mol. The van der Waals surface area contributed by atoms with Crippen LogP contribution in [0.2, 0.25) is 0 Å². The second kappa shape index (κ2) is 7.61. The lowest BCUT2D eigenvalue weighted by Gasteiger charge is -2.04. The molecular weight excluding hydrogens is 320 g/mol. The molecule has 0 radical (unpaired) electrons. The molecule has 1 N–H and O–H groups in total. The van der Waals surface area contributed by atoms with Crippen molar-refractivity contribution in [3.05, 3.63) is 54.1 Å². The molecule has 6 heteroatoms. The summed E-state index contributed by atoms with van der Waals surface area (Å²) in [4.78, 5) is 15.4. The lowest BCUT2D eigenvalue weighted by atomic mass is 10.1. The summed E-state index contributed by atoms with van der Waals surface area (Å²) >= 11 is 0. The Morgan fingerprint density at radius 2 is 1.96 bits per heavy atom. The molecule has 0 aliphatic carbocycles. The molecule has 0 aliphatic heterocycles. The fourth-order valence-electron chi connectivity index (χ4n) is 2.28. The average molecular weight is 338 g/mol. The van der Waals surface area contributed by atoms with Gasteiger partial charge < -0.3 is 14.4 Å². The third kappa shape index (κ3) is 4.03. The molecule has 2 aromatic carbocycles. The molecule has 3 rings (SSSR count). The van der Waals surface area contributed by atoms with Crippen molar-refractivity contribution in [3.8, 4) is 28.6 Å². The number of nitrogens with zero attached hydrogens (tertiary/aromatic N) is 2. The molecule has 0 unspecified atom stereocenters. The maximum absolute atomic E-state index is 11.1. The highest BCUT2D eigenvalue weighted by atomic mass is 16.5. The summed E-state index contributed by atoms with van der Waals surface area (Å²) in [5, 5.41) is 13.0. The number of carboxylic acid groups (broad SMARTS) is 1. The van der Waals surface area contributed by atoms with Gasteiger partial charge in [-0.2, -0.15) is 4.98 Å². The van der Waals surface area contributed by atoms with E-state index in [9.17, 15) is 4.79 Å². The number of hydrogen-bond acceptors (Lipinski definition) is 5. The molecule has 0 saturated heterocycles. The van der Waals surface area contributed by atoms with Gasteiger partial charge in [0.1, 0.15) is 5.75 Å². The van der Waals surface area contributed by atoms with Crippen LogP contribution < -0.4 is 4.74 Å². The minimum Gasteiger partial charge on any atom is -0.494 e. The van der Waals surface area contributed by atoms with E-state index in [2.05, 4.69) is 17.1 Å². The van der Waals surface area contributed by atoms with Crippen molar-refractivity contribution < 1.29 is 19.2 Å². The molecule has 6 nitrogen and oxygen atoms in total. The van der Waals surface area contributed by atoms with Gasteiger partial charge in [-0.3, -0.25) is 0 Å². The summed E-state index contributed by atoms with van der Waals surface area (Å²) < 4.78 is 10.9. The first-order chi connectivity index (χ1) is 12.2. The van der Waals surface area contributed by atoms with E-state index in [0.717, 1.165) is 24.2 Å². The van der Waals surface area contributed by atoms with E-state index in [4.69, 9.17) is 14.4 Å². The van der Waals surface area contributed by atoms with E-state index >= 15 is 0 Å². The predicted octanol–water partition coefficient (Wildman–Crippen LogP) is 4.28. The fraction of sp³-hybridized carbons (Fsp3) is 0.211. The lowest BCUT2D eigenvalue weighted by molar-refractivity contribution is 0.0697. The molecule has 3 aromatic rings. The van der Waals surface area contributed by atoms with Crippen LogP contribution >= 0.6 is 0 Å². The third-order valence-electron chi connectivity index (χ3n) is 3.66. The average Bonchev–Trinajstić information content (AvgIpc) is 3.13. The van der Waals surface area contributed by atoms with Crippen LogP contribution in [0, 0.1) is 0 Å². The quantitative estimate of drug-likeness (QED) is 0.647. The van der Waals surface area contributed by atoms with Gasteiger partial charge in [-0.1, -0.05) is 30.6 Å². The number of unbranched alkanes of at least 4 members (excludes halogenated alkanes) is 1. The van der Waals surface area contributed by atoms with Crippen molar-refractivity contribution in [2.24, 2.45) is 0 Å². The first kappa shape index (κ1) is 16.7. The molecule has 25 heavy (non-hydrogen) atoms. The molecule has 0 atom stereocenters. The van der Waals surface area contributed by atoms with Crippen LogP contribution in [0.3, 0.4) is 0 Å². The van der Waals surface area contributed by atoms with Crippen molar-refractivity contribution in [2.45, 2.75) is 19.8 Å². The topological polar surface area (TPSA) is 85.5 Å². The lowest BCUT2D eigenvalue weighted by Crippen LogP contribution is -1.96. The van der Waals surface area contributed by atoms with Gasteiger partial charge in [0.05, 0.1) is 12.2 Å². The molecule has 0 spiro atoms. The third-order valence-corrected chi connectivity index (χ3v) is 3.66. The first-order valence-electron chi connectivity index (χ1n) is 8.08. The van der Waals surface area contributed by atoms with Gasteiger partial charge in [0.2, 0.25) is 5.82 Å². The van der Waals surface area contributed by atoms with Crippen molar-refractivity contribution in [1.29, 1.82) is 0 Å². The van der Waals surface area contributed by atoms with Crippen LogP contribution in [0.4, 0.5) is 0 Å². The Hall–Kier alpha value is -3.15. The van der Waals surface area contributed by atoms with E-state index < -0.39 is 5.97 Å². The van der Waals surface area contributed by atoms with E-state index in [1.54, 1.807) is 12.1 Å². The van der Waals surface area contributed by atoms with Crippen LogP contribution in [-0.2, 0) is 0 Å². The zero-order chi connectivity index (χ0) is 17.6. The monoisotopic (exact) mass is 338 g/mol. The molecule has 0 fully saturated rings. The van der Waals surface area contributed by atoms with E-state index in [1.165, 1.54) is 12.1 Å². The Balaban J connectivity index is 1.77. The van der Waals surface area contributed by atoms with Gasteiger partial charge >= 0.3 is 5.97 Å². The van der Waals surface area contributed by atoms with Crippen molar-refractivity contribution in [3.63, 3.8) is 0 Å². The van der Waals surface area contributed by atoms with Gasteiger partial charge in [0, 0.05) is 11.1 Å². The number of hydrogen-bond donors (Lipinski definition) is 1. The van der Waals surface area contributed by atoms with Crippen LogP contribution in [0.15, 0.2) is 53.1 Å². The Labute approximate surface area is 145 Å². The smallest absolute Gasteiger partial charge is 0.335 e. The Bertz CT molecular complexity index is 856. The number of ether oxygens (including phenoxy) is 1. The largest absolute Gasteiger partial charge is 0.494 e. The highest BCUT2D eigenvalue weighted by Gasteiger charge is 2.12. The van der Waals surface area contributed by atoms with Crippen LogP contribution in [0.25, 0.3) is 22.8 Å². The van der Waals surface area contributed by atoms with E-state index in [1.807, 2.05) is 24.3 Å². The Kier molecular flexibility index (Phi) is 5.09. The van der Waals surface area contributed by atoms with Crippen molar-refractivity contribution in [2.75, 3.05) is 6.61 Å². The first-order valence-corrected chi connectivity index (χ1v) is 8.08. The zero-order valence-corrected chi connectivity index (χ0v) is 13.8. The Morgan fingerprint density at radius 3 is 2.68 bits per heavy atom. The molecule has 0 saturated carbocycles. The number of aromatic nitrogens is 2. The molecule has 0 amide bonds. The van der Waals surface area contributed by atoms with Gasteiger partial charge in [-0.25, -0.2) is 4.79 Å². The van der Waals surface area contributed by atoms with Crippen LogP contribution in [-0.4, -0.2) is 27.8 Å². The number of aromatic carboxylic acids is 1. The number of rotatable bonds is 7. The number of carboxylic acids is 1. The molecule has 0 bridgehead atoms. The molecule has 1 aromatic heterocycles. The van der Waals surface area contributed by atoms with Gasteiger partial charge in [0.25, 0.3) is 5.89 Å². The second-order valence-corrected chi connectivity index (χ2v) is 5.54. The van der Waals surface area contributed by atoms with Gasteiger partial charge in [-0.05, 0) is 42.8 Å². The molecule has 0 aliphatic rings. The SMILES string of the molecule is CCCCOc1ccc(-c2nc(-c3cccc(C(=O)O)c3)no2)cc1. The summed E-state index contributed by atoms with van der Waals surface area (Å²) in [6, 6.07) is 13.9. The number of benzene rings is 2. The van der Waals surface area contributed by atoms with Crippen molar-refractivity contribution in [1.82, 2.24) is 10.1 Å². The maximum Gasteiger partial charge on any atom is 0.335 e. The summed E-state index contributed by atoms with van der Waals surface area (Å²) in [6.07, 6.45) is 2.11. The fourth-order valence-corrected chi connectivity index (χ4v) is 2.28. The summed E-state index contributed by atoms with van der Waals surface area (Å²) in [5.41, 5.74) is 1.54. The molecule has 1 heterocycles. The summed E-state index contributed by atoms with van der Waals surface area (Å²) in [5.74, 6) is 0.521. The minimum absolute atomic E-state index is 0.178. The standard InChI is InChI=1S/C19H18N2O4/c1-2-3-11-24-16-9-7-13(8-10-16)18-20-17(21-25-18)14-5-4-6-15(12-14)19(22)23/h4-10,12H,2-3,11H2,1H3,(H,22,23). The second-order valence-electron chi connectivity index (χ2n) is 5.54. The summed E-state index contributed by atoms with van der Waals surface area (Å²) in [6.45, 7) is 2.81. The molecular formula is C19H18N2O4. The van der Waals surface area contributed by atoms with E-state index in [0.29, 0.717) is 23.9 Å². The number of carbonyl (C=O) groups is 1. The van der Waals surface area contributed by atoms with Crippen molar-refractivity contribution >= 4 is 5.97 Å². The van der Waals surface area contributed by atoms with Crippen LogP contribution in [0.1, 0.15) is 30.1 Å².